The summed E-state index contributed by atoms with van der Waals surface area (Å²) in [5.41, 5.74) is 4.70. The maximum Gasteiger partial charge on any atom is 0.339 e. The van der Waals surface area contributed by atoms with E-state index in [2.05, 4.69) is 44.0 Å². The van der Waals surface area contributed by atoms with Crippen molar-refractivity contribution in [2.75, 3.05) is 12.4 Å². The van der Waals surface area contributed by atoms with E-state index in [0.29, 0.717) is 17.6 Å². The van der Waals surface area contributed by atoms with Gasteiger partial charge in [0.25, 0.3) is 0 Å². The maximum atomic E-state index is 11.1. The Labute approximate surface area is 155 Å². The smallest absolute Gasteiger partial charge is 0.339 e. The minimum absolute atomic E-state index is 0.315. The van der Waals surface area contributed by atoms with E-state index in [-0.39, 0.29) is 5.97 Å². The fraction of sp³-hybridized carbons (Fsp3) is 0.429. The summed E-state index contributed by atoms with van der Waals surface area (Å²) < 4.78 is 4.79. The topological polar surface area (TPSA) is 39.2 Å². The number of benzene rings is 1. The van der Waals surface area contributed by atoms with E-state index in [1.54, 1.807) is 24.6 Å². The molecule has 0 bridgehead atoms. The van der Waals surface area contributed by atoms with Gasteiger partial charge in [-0.2, -0.15) is 0 Å². The SMILES string of the molecule is CCOC(=O)c1ccc(C)nc1.Cc1ccc2c(c1)C(C)(C)CCS2. The van der Waals surface area contributed by atoms with E-state index in [1.807, 2.05) is 18.7 Å². The molecule has 2 heterocycles. The Morgan fingerprint density at radius 3 is 2.64 bits per heavy atom. The number of hydrogen-bond acceptors (Lipinski definition) is 4. The van der Waals surface area contributed by atoms with Gasteiger partial charge in [0.2, 0.25) is 0 Å². The Morgan fingerprint density at radius 1 is 1.24 bits per heavy atom. The Morgan fingerprint density at radius 2 is 2.00 bits per heavy atom. The molecular formula is C21H27NO2S. The second-order valence-electron chi connectivity index (χ2n) is 6.89. The molecule has 0 spiro atoms. The Bertz CT molecular complexity index is 723. The van der Waals surface area contributed by atoms with Crippen LogP contribution in [0.4, 0.5) is 0 Å². The quantitative estimate of drug-likeness (QED) is 0.681. The van der Waals surface area contributed by atoms with Crippen LogP contribution in [0.5, 0.6) is 0 Å². The summed E-state index contributed by atoms with van der Waals surface area (Å²) in [5.74, 6) is 0.952. The van der Waals surface area contributed by atoms with Crippen molar-refractivity contribution in [1.29, 1.82) is 0 Å². The number of aromatic nitrogens is 1. The number of fused-ring (bicyclic) bond motifs is 1. The molecule has 0 amide bonds. The van der Waals surface area contributed by atoms with Crippen molar-refractivity contribution in [3.8, 4) is 0 Å². The highest BCUT2D eigenvalue weighted by atomic mass is 32.2. The summed E-state index contributed by atoms with van der Waals surface area (Å²) in [7, 11) is 0. The number of esters is 1. The summed E-state index contributed by atoms with van der Waals surface area (Å²) in [6.45, 7) is 10.9. The van der Waals surface area contributed by atoms with E-state index < -0.39 is 0 Å². The van der Waals surface area contributed by atoms with Crippen molar-refractivity contribution >= 4 is 17.7 Å². The number of ether oxygens (including phenoxy) is 1. The highest BCUT2D eigenvalue weighted by Crippen LogP contribution is 2.41. The van der Waals surface area contributed by atoms with Gasteiger partial charge in [-0.3, -0.25) is 4.98 Å². The van der Waals surface area contributed by atoms with Crippen LogP contribution in [0.15, 0.2) is 41.4 Å². The zero-order valence-corrected chi connectivity index (χ0v) is 16.6. The molecule has 0 radical (unpaired) electrons. The lowest BCUT2D eigenvalue weighted by atomic mass is 9.81. The number of carbonyl (C=O) groups excluding carboxylic acids is 1. The summed E-state index contributed by atoms with van der Waals surface area (Å²) in [5, 5.41) is 0. The number of pyridine rings is 1. The zero-order chi connectivity index (χ0) is 18.4. The molecule has 2 aromatic rings. The zero-order valence-electron chi connectivity index (χ0n) is 15.8. The number of hydrogen-bond donors (Lipinski definition) is 0. The third-order valence-corrected chi connectivity index (χ3v) is 5.35. The molecule has 0 unspecified atom stereocenters. The van der Waals surface area contributed by atoms with Crippen LogP contribution in [-0.2, 0) is 10.2 Å². The first-order valence-electron chi connectivity index (χ1n) is 8.67. The molecular weight excluding hydrogens is 330 g/mol. The lowest BCUT2D eigenvalue weighted by molar-refractivity contribution is 0.0526. The summed E-state index contributed by atoms with van der Waals surface area (Å²) in [6, 6.07) is 10.3. The Balaban J connectivity index is 0.000000181. The largest absolute Gasteiger partial charge is 0.462 e. The second-order valence-corrected chi connectivity index (χ2v) is 8.03. The van der Waals surface area contributed by atoms with E-state index in [4.69, 9.17) is 4.74 Å². The first-order valence-corrected chi connectivity index (χ1v) is 9.66. The number of aryl methyl sites for hydroxylation is 2. The van der Waals surface area contributed by atoms with E-state index in [1.165, 1.54) is 28.8 Å². The monoisotopic (exact) mass is 357 g/mol. The van der Waals surface area contributed by atoms with Gasteiger partial charge in [0.1, 0.15) is 0 Å². The fourth-order valence-electron chi connectivity index (χ4n) is 2.65. The van der Waals surface area contributed by atoms with E-state index in [9.17, 15) is 4.79 Å². The fourth-order valence-corrected chi connectivity index (χ4v) is 4.14. The molecule has 1 aromatic heterocycles. The van der Waals surface area contributed by atoms with Gasteiger partial charge in [-0.1, -0.05) is 31.5 Å². The molecule has 0 atom stereocenters. The van der Waals surface area contributed by atoms with Crippen LogP contribution >= 0.6 is 11.8 Å². The molecule has 1 aromatic carbocycles. The third kappa shape index (κ3) is 5.33. The summed E-state index contributed by atoms with van der Waals surface area (Å²) >= 11 is 2.00. The summed E-state index contributed by atoms with van der Waals surface area (Å²) in [4.78, 5) is 16.6. The van der Waals surface area contributed by atoms with Gasteiger partial charge in [-0.05, 0) is 62.1 Å². The van der Waals surface area contributed by atoms with Crippen LogP contribution in [0.25, 0.3) is 0 Å². The van der Waals surface area contributed by atoms with Crippen LogP contribution in [-0.4, -0.2) is 23.3 Å². The van der Waals surface area contributed by atoms with Gasteiger partial charge in [0.05, 0.1) is 12.2 Å². The number of rotatable bonds is 2. The van der Waals surface area contributed by atoms with Crippen LogP contribution < -0.4 is 0 Å². The predicted octanol–water partition coefficient (Wildman–Crippen LogP) is 5.34. The van der Waals surface area contributed by atoms with Gasteiger partial charge < -0.3 is 4.74 Å². The molecule has 1 aliphatic rings. The first-order chi connectivity index (χ1) is 11.8. The van der Waals surface area contributed by atoms with Crippen molar-refractivity contribution in [3.05, 3.63) is 58.9 Å². The lowest BCUT2D eigenvalue weighted by Crippen LogP contribution is -2.22. The van der Waals surface area contributed by atoms with Crippen molar-refractivity contribution < 1.29 is 9.53 Å². The normalized spacial score (nSPS) is 14.8. The van der Waals surface area contributed by atoms with Crippen LogP contribution in [0.1, 0.15) is 54.4 Å². The highest BCUT2D eigenvalue weighted by molar-refractivity contribution is 7.99. The molecule has 0 saturated heterocycles. The Hall–Kier alpha value is -1.81. The van der Waals surface area contributed by atoms with E-state index >= 15 is 0 Å². The van der Waals surface area contributed by atoms with Crippen molar-refractivity contribution in [3.63, 3.8) is 0 Å². The molecule has 4 heteroatoms. The average molecular weight is 358 g/mol. The molecule has 3 nitrogen and oxygen atoms in total. The molecule has 0 fully saturated rings. The van der Waals surface area contributed by atoms with Gasteiger partial charge >= 0.3 is 5.97 Å². The van der Waals surface area contributed by atoms with Crippen LogP contribution in [0.3, 0.4) is 0 Å². The van der Waals surface area contributed by atoms with Crippen LogP contribution in [0.2, 0.25) is 0 Å². The van der Waals surface area contributed by atoms with Gasteiger partial charge in [0.15, 0.2) is 0 Å². The highest BCUT2D eigenvalue weighted by Gasteiger charge is 2.27. The van der Waals surface area contributed by atoms with E-state index in [0.717, 1.165) is 5.69 Å². The van der Waals surface area contributed by atoms with Crippen molar-refractivity contribution in [2.45, 2.75) is 51.3 Å². The first kappa shape index (κ1) is 19.5. The maximum absolute atomic E-state index is 11.1. The molecule has 1 aliphatic heterocycles. The van der Waals surface area contributed by atoms with Crippen LogP contribution in [0, 0.1) is 13.8 Å². The third-order valence-electron chi connectivity index (χ3n) is 4.27. The minimum atomic E-state index is -0.315. The molecule has 134 valence electrons. The Kier molecular flexibility index (Phi) is 6.65. The molecule has 3 rings (SSSR count). The minimum Gasteiger partial charge on any atom is -0.462 e. The molecule has 25 heavy (non-hydrogen) atoms. The van der Waals surface area contributed by atoms with Gasteiger partial charge in [-0.25, -0.2) is 4.79 Å². The molecule has 0 aliphatic carbocycles. The average Bonchev–Trinajstić information content (AvgIpc) is 2.57. The van der Waals surface area contributed by atoms with Gasteiger partial charge in [0, 0.05) is 16.8 Å². The lowest BCUT2D eigenvalue weighted by Gasteiger charge is -2.32. The van der Waals surface area contributed by atoms with Crippen molar-refractivity contribution in [1.82, 2.24) is 4.98 Å². The number of nitrogens with zero attached hydrogens (tertiary/aromatic N) is 1. The second kappa shape index (κ2) is 8.52. The van der Waals surface area contributed by atoms with Gasteiger partial charge in [-0.15, -0.1) is 11.8 Å². The summed E-state index contributed by atoms with van der Waals surface area (Å²) in [6.07, 6.45) is 2.82. The predicted molar refractivity (Wildman–Crippen MR) is 104 cm³/mol. The number of thioether (sulfide) groups is 1. The number of carbonyl (C=O) groups is 1. The molecule has 0 saturated carbocycles. The standard InChI is InChI=1S/C12H16S.C9H11NO2/c1-9-4-5-11-10(8-9)12(2,3)6-7-13-11;1-3-12-9(11)8-5-4-7(2)10-6-8/h4-5,8H,6-7H2,1-3H3;4-6H,3H2,1-2H3. The molecule has 0 N–H and O–H groups in total. The van der Waals surface area contributed by atoms with Crippen molar-refractivity contribution in [2.24, 2.45) is 0 Å².